The molecule has 134 valence electrons. The van der Waals surface area contributed by atoms with E-state index in [1.807, 2.05) is 48.5 Å². The maximum absolute atomic E-state index is 6.33. The summed E-state index contributed by atoms with van der Waals surface area (Å²) in [7, 11) is 0. The van der Waals surface area contributed by atoms with E-state index in [9.17, 15) is 0 Å². The number of nitrogens with two attached hydrogens (primary N) is 1. The van der Waals surface area contributed by atoms with Crippen molar-refractivity contribution in [3.63, 3.8) is 0 Å². The van der Waals surface area contributed by atoms with Crippen LogP contribution >= 0.6 is 0 Å². The maximum Gasteiger partial charge on any atom is 0.361 e. The molecule has 0 amide bonds. The lowest BCUT2D eigenvalue weighted by Gasteiger charge is -2.19. The Bertz CT molecular complexity index is 776. The van der Waals surface area contributed by atoms with Crippen LogP contribution in [0.1, 0.15) is 31.5 Å². The molecule has 1 atom stereocenters. The maximum atomic E-state index is 6.33. The molecule has 3 rings (SSSR count). The molecule has 0 bridgehead atoms. The van der Waals surface area contributed by atoms with Gasteiger partial charge in [-0.2, -0.15) is 0 Å². The van der Waals surface area contributed by atoms with Crippen molar-refractivity contribution < 1.29 is 4.65 Å². The van der Waals surface area contributed by atoms with Crippen LogP contribution < -0.4 is 16.7 Å². The highest BCUT2D eigenvalue weighted by atomic mass is 16.4. The highest BCUT2D eigenvalue weighted by molar-refractivity contribution is 6.80. The highest BCUT2D eigenvalue weighted by Gasteiger charge is 2.22. The fourth-order valence-corrected chi connectivity index (χ4v) is 2.99. The number of hydrogen-bond acceptors (Lipinski definition) is 2. The summed E-state index contributed by atoms with van der Waals surface area (Å²) in [6, 6.07) is 28.9. The monoisotopic (exact) mass is 345 g/mol. The second kappa shape index (κ2) is 9.96. The van der Waals surface area contributed by atoms with Crippen LogP contribution in [0, 0.1) is 0 Å². The van der Waals surface area contributed by atoms with Crippen LogP contribution in [-0.2, 0) is 11.1 Å². The van der Waals surface area contributed by atoms with Crippen LogP contribution in [0.4, 0.5) is 0 Å². The van der Waals surface area contributed by atoms with Crippen LogP contribution in [0.2, 0.25) is 0 Å². The van der Waals surface area contributed by atoms with Crippen molar-refractivity contribution in [2.24, 2.45) is 5.73 Å². The minimum Gasteiger partial charge on any atom is -0.425 e. The molecule has 0 radical (unpaired) electrons. The Morgan fingerprint density at radius 1 is 0.846 bits per heavy atom. The van der Waals surface area contributed by atoms with E-state index in [1.54, 1.807) is 0 Å². The second-order valence-electron chi connectivity index (χ2n) is 6.24. The van der Waals surface area contributed by atoms with Gasteiger partial charge in [-0.15, -0.1) is 0 Å². The summed E-state index contributed by atoms with van der Waals surface area (Å²) < 4.78 is 6.30. The molecule has 1 unspecified atom stereocenters. The lowest BCUT2D eigenvalue weighted by Crippen LogP contribution is -2.46. The van der Waals surface area contributed by atoms with Gasteiger partial charge in [0.1, 0.15) is 0 Å². The van der Waals surface area contributed by atoms with Crippen molar-refractivity contribution in [2.45, 2.75) is 26.8 Å². The van der Waals surface area contributed by atoms with Crippen molar-refractivity contribution >= 4 is 17.8 Å². The zero-order valence-corrected chi connectivity index (χ0v) is 14.6. The van der Waals surface area contributed by atoms with Gasteiger partial charge in [-0.25, -0.2) is 0 Å². The van der Waals surface area contributed by atoms with Crippen molar-refractivity contribution in [1.82, 2.24) is 0 Å². The first kappa shape index (κ1) is 20.0. The van der Waals surface area contributed by atoms with Gasteiger partial charge in [0.15, 0.2) is 0 Å². The molecule has 0 aliphatic carbocycles. The summed E-state index contributed by atoms with van der Waals surface area (Å²) in [5, 5.41) is 0. The van der Waals surface area contributed by atoms with Gasteiger partial charge in [-0.05, 0) is 28.5 Å². The standard InChI is InChI=1S/C22H24BNO.CH4/c1-2-18-10-9-15-21(16-18)23(20-13-7-4-8-14-20)25-17-22(24)19-11-5-3-6-12-19;/h3-16,22H,2,17,24H2,1H3;1H4. The minimum absolute atomic E-state index is 0. The number of aryl methyl sites for hydroxylation is 1. The number of benzene rings is 3. The Labute approximate surface area is 158 Å². The Balaban J connectivity index is 0.00000243. The van der Waals surface area contributed by atoms with Crippen LogP contribution in [0.25, 0.3) is 0 Å². The summed E-state index contributed by atoms with van der Waals surface area (Å²) in [6.07, 6.45) is 1.01. The average Bonchev–Trinajstić information content (AvgIpc) is 2.69. The fraction of sp³-hybridized carbons (Fsp3) is 0.217. The molecule has 0 aromatic heterocycles. The zero-order chi connectivity index (χ0) is 17.5. The van der Waals surface area contributed by atoms with E-state index in [1.165, 1.54) is 11.0 Å². The van der Waals surface area contributed by atoms with E-state index in [0.29, 0.717) is 6.61 Å². The molecule has 3 aromatic rings. The third-order valence-electron chi connectivity index (χ3n) is 4.43. The lowest BCUT2D eigenvalue weighted by molar-refractivity contribution is 0.303. The summed E-state index contributed by atoms with van der Waals surface area (Å²) >= 11 is 0. The summed E-state index contributed by atoms with van der Waals surface area (Å²) in [6.45, 7) is 2.53. The molecule has 0 aliphatic rings. The molecular weight excluding hydrogens is 317 g/mol. The molecule has 0 heterocycles. The van der Waals surface area contributed by atoms with E-state index in [2.05, 4.69) is 43.3 Å². The Morgan fingerprint density at radius 2 is 1.46 bits per heavy atom. The van der Waals surface area contributed by atoms with Gasteiger partial charge < -0.3 is 10.4 Å². The van der Waals surface area contributed by atoms with Crippen molar-refractivity contribution in [2.75, 3.05) is 6.61 Å². The van der Waals surface area contributed by atoms with E-state index >= 15 is 0 Å². The van der Waals surface area contributed by atoms with Crippen molar-refractivity contribution in [3.8, 4) is 0 Å². The molecule has 0 spiro atoms. The van der Waals surface area contributed by atoms with E-state index in [4.69, 9.17) is 10.4 Å². The molecular formula is C23H28BNO. The van der Waals surface area contributed by atoms with Crippen molar-refractivity contribution in [1.29, 1.82) is 0 Å². The summed E-state index contributed by atoms with van der Waals surface area (Å²) in [4.78, 5) is 0. The van der Waals surface area contributed by atoms with Gasteiger partial charge >= 0.3 is 6.92 Å². The largest absolute Gasteiger partial charge is 0.425 e. The van der Waals surface area contributed by atoms with Gasteiger partial charge in [-0.3, -0.25) is 0 Å². The third-order valence-corrected chi connectivity index (χ3v) is 4.43. The van der Waals surface area contributed by atoms with Crippen LogP contribution in [0.5, 0.6) is 0 Å². The predicted molar refractivity (Wildman–Crippen MR) is 113 cm³/mol. The smallest absolute Gasteiger partial charge is 0.361 e. The Hall–Kier alpha value is -2.36. The van der Waals surface area contributed by atoms with Gasteiger partial charge in [-0.1, -0.05) is 99.3 Å². The molecule has 0 fully saturated rings. The lowest BCUT2D eigenvalue weighted by atomic mass is 9.55. The van der Waals surface area contributed by atoms with Gasteiger partial charge in [0, 0.05) is 6.61 Å². The Kier molecular flexibility index (Phi) is 7.64. The molecule has 3 heteroatoms. The van der Waals surface area contributed by atoms with Gasteiger partial charge in [0.05, 0.1) is 6.04 Å². The van der Waals surface area contributed by atoms with Crippen LogP contribution in [-0.4, -0.2) is 13.5 Å². The first-order valence-electron chi connectivity index (χ1n) is 8.84. The molecule has 0 saturated heterocycles. The highest BCUT2D eigenvalue weighted by Crippen LogP contribution is 2.10. The van der Waals surface area contributed by atoms with E-state index in [-0.39, 0.29) is 20.4 Å². The topological polar surface area (TPSA) is 35.2 Å². The Morgan fingerprint density at radius 3 is 2.12 bits per heavy atom. The number of hydrogen-bond donors (Lipinski definition) is 1. The predicted octanol–water partition coefficient (Wildman–Crippen LogP) is 3.71. The summed E-state index contributed by atoms with van der Waals surface area (Å²) in [5.74, 6) is 0. The van der Waals surface area contributed by atoms with Gasteiger partial charge in [0.2, 0.25) is 0 Å². The quantitative estimate of drug-likeness (QED) is 0.663. The molecule has 0 aliphatic heterocycles. The molecule has 26 heavy (non-hydrogen) atoms. The SMILES string of the molecule is C.CCc1cccc(B(OCC(N)c2ccccc2)c2ccccc2)c1. The molecule has 0 saturated carbocycles. The van der Waals surface area contributed by atoms with Crippen LogP contribution in [0.3, 0.4) is 0 Å². The first-order valence-corrected chi connectivity index (χ1v) is 8.84. The van der Waals surface area contributed by atoms with Crippen molar-refractivity contribution in [3.05, 3.63) is 96.1 Å². The van der Waals surface area contributed by atoms with E-state index in [0.717, 1.165) is 17.4 Å². The molecule has 2 nitrogen and oxygen atoms in total. The molecule has 3 aromatic carbocycles. The zero-order valence-electron chi connectivity index (χ0n) is 14.6. The second-order valence-corrected chi connectivity index (χ2v) is 6.24. The number of rotatable bonds is 7. The van der Waals surface area contributed by atoms with Gasteiger partial charge in [0.25, 0.3) is 0 Å². The summed E-state index contributed by atoms with van der Waals surface area (Å²) in [5.41, 5.74) is 11.1. The van der Waals surface area contributed by atoms with E-state index < -0.39 is 0 Å². The van der Waals surface area contributed by atoms with Crippen LogP contribution in [0.15, 0.2) is 84.9 Å². The third kappa shape index (κ3) is 5.07. The normalized spacial score (nSPS) is 11.5. The molecule has 2 N–H and O–H groups in total. The minimum atomic E-state index is -0.137. The fourth-order valence-electron chi connectivity index (χ4n) is 2.99. The first-order chi connectivity index (χ1) is 12.3. The average molecular weight is 345 g/mol.